The zero-order valence-electron chi connectivity index (χ0n) is 19.2. The lowest BCUT2D eigenvalue weighted by molar-refractivity contribution is 0.324. The molecule has 1 fully saturated rings. The maximum atomic E-state index is 14.8. The highest BCUT2D eigenvalue weighted by molar-refractivity contribution is 5.92. The Kier molecular flexibility index (Phi) is 5.79. The molecule has 0 spiro atoms. The number of ether oxygens (including phenoxy) is 3. The lowest BCUT2D eigenvalue weighted by atomic mass is 10.2. The number of halogens is 1. The van der Waals surface area contributed by atoms with Crippen LogP contribution in [0.3, 0.4) is 0 Å². The van der Waals surface area contributed by atoms with Crippen LogP contribution in [0.1, 0.15) is 12.8 Å². The molecule has 1 aliphatic rings. The predicted octanol–water partition coefficient (Wildman–Crippen LogP) is 4.32. The largest absolute Gasteiger partial charge is 0.493 e. The molecule has 1 aliphatic heterocycles. The van der Waals surface area contributed by atoms with Crippen molar-refractivity contribution in [1.82, 2.24) is 19.5 Å². The number of imidazole rings is 1. The summed E-state index contributed by atoms with van der Waals surface area (Å²) in [5.74, 6) is 2.63. The predicted molar refractivity (Wildman–Crippen MR) is 127 cm³/mol. The van der Waals surface area contributed by atoms with Crippen molar-refractivity contribution in [3.63, 3.8) is 0 Å². The molecule has 2 aromatic heterocycles. The molecule has 4 aromatic rings. The molecule has 3 heterocycles. The minimum atomic E-state index is -0.392. The van der Waals surface area contributed by atoms with Crippen LogP contribution in [0.2, 0.25) is 0 Å². The quantitative estimate of drug-likeness (QED) is 0.433. The summed E-state index contributed by atoms with van der Waals surface area (Å²) in [6.07, 6.45) is 5.61. The van der Waals surface area contributed by atoms with Gasteiger partial charge < -0.3 is 29.0 Å². The number of aromatic nitrogens is 4. The van der Waals surface area contributed by atoms with Gasteiger partial charge in [0.05, 0.1) is 44.1 Å². The first-order chi connectivity index (χ1) is 16.6. The van der Waals surface area contributed by atoms with Crippen LogP contribution in [0.5, 0.6) is 17.2 Å². The van der Waals surface area contributed by atoms with Crippen LogP contribution in [0.15, 0.2) is 42.9 Å². The van der Waals surface area contributed by atoms with Crippen LogP contribution < -0.4 is 24.4 Å². The summed E-state index contributed by atoms with van der Waals surface area (Å²) in [4.78, 5) is 15.8. The normalized spacial score (nSPS) is 13.4. The average molecular weight is 465 g/mol. The van der Waals surface area contributed by atoms with Gasteiger partial charge in [0, 0.05) is 25.2 Å². The fraction of sp³-hybridized carbons (Fsp3) is 0.292. The van der Waals surface area contributed by atoms with Gasteiger partial charge >= 0.3 is 0 Å². The fourth-order valence-electron chi connectivity index (χ4n) is 4.14. The molecule has 0 unspecified atom stereocenters. The molecule has 0 atom stereocenters. The van der Waals surface area contributed by atoms with E-state index in [2.05, 4.69) is 25.2 Å². The summed E-state index contributed by atoms with van der Waals surface area (Å²) in [5, 5.41) is 3.51. The smallest absolute Gasteiger partial charge is 0.227 e. The average Bonchev–Trinajstić information content (AvgIpc) is 3.55. The van der Waals surface area contributed by atoms with Crippen LogP contribution in [-0.4, -0.2) is 53.9 Å². The Labute approximate surface area is 196 Å². The number of hydrogen-bond donors (Lipinski definition) is 1. The number of rotatable bonds is 7. The monoisotopic (exact) mass is 464 g/mol. The Bertz CT molecular complexity index is 1310. The first-order valence-corrected chi connectivity index (χ1v) is 10.9. The molecule has 10 heteroatoms. The van der Waals surface area contributed by atoms with Gasteiger partial charge in [0.2, 0.25) is 11.7 Å². The zero-order chi connectivity index (χ0) is 23.7. The molecule has 0 bridgehead atoms. The lowest BCUT2D eigenvalue weighted by Crippen LogP contribution is -2.21. The van der Waals surface area contributed by atoms with Crippen LogP contribution in [-0.2, 0) is 0 Å². The van der Waals surface area contributed by atoms with Gasteiger partial charge in [-0.3, -0.25) is 0 Å². The standard InChI is InChI=1S/C24H25FN6O3/c1-32-18-11-15(12-19(33-2)22(18)34-3)31-13-20(26-14-31)28-23-21-16(25)7-6-8-17(21)27-24(29-23)30-9-4-5-10-30/h6-8,11-14H,4-5,9-10H2,1-3H3,(H,27,28,29). The highest BCUT2D eigenvalue weighted by atomic mass is 19.1. The Morgan fingerprint density at radius 2 is 1.71 bits per heavy atom. The van der Waals surface area contributed by atoms with Crippen LogP contribution >= 0.6 is 0 Å². The van der Waals surface area contributed by atoms with E-state index in [4.69, 9.17) is 14.2 Å². The van der Waals surface area contributed by atoms with Crippen molar-refractivity contribution in [3.05, 3.63) is 48.7 Å². The van der Waals surface area contributed by atoms with E-state index in [-0.39, 0.29) is 0 Å². The molecule has 0 aliphatic carbocycles. The van der Waals surface area contributed by atoms with Crippen molar-refractivity contribution in [2.45, 2.75) is 12.8 Å². The van der Waals surface area contributed by atoms with Crippen LogP contribution in [0.25, 0.3) is 16.6 Å². The van der Waals surface area contributed by atoms with E-state index in [0.29, 0.717) is 45.7 Å². The topological polar surface area (TPSA) is 86.6 Å². The van der Waals surface area contributed by atoms with Gasteiger partial charge in [-0.05, 0) is 25.0 Å². The number of nitrogens with zero attached hydrogens (tertiary/aromatic N) is 5. The Balaban J connectivity index is 1.52. The van der Waals surface area contributed by atoms with E-state index in [9.17, 15) is 4.39 Å². The first-order valence-electron chi connectivity index (χ1n) is 10.9. The van der Waals surface area contributed by atoms with Gasteiger partial charge in [-0.15, -0.1) is 0 Å². The molecule has 34 heavy (non-hydrogen) atoms. The third-order valence-electron chi connectivity index (χ3n) is 5.83. The van der Waals surface area contributed by atoms with Crippen LogP contribution in [0.4, 0.5) is 22.0 Å². The van der Waals surface area contributed by atoms with Gasteiger partial charge in [-0.25, -0.2) is 14.4 Å². The summed E-state index contributed by atoms with van der Waals surface area (Å²) in [6, 6.07) is 8.48. The van der Waals surface area contributed by atoms with E-state index < -0.39 is 5.82 Å². The van der Waals surface area contributed by atoms with Gasteiger partial charge in [-0.1, -0.05) is 6.07 Å². The summed E-state index contributed by atoms with van der Waals surface area (Å²) in [7, 11) is 4.68. The SMILES string of the molecule is COc1cc(-n2cnc(Nc3nc(N4CCCC4)nc4cccc(F)c34)c2)cc(OC)c1OC. The Hall–Kier alpha value is -4.08. The highest BCUT2D eigenvalue weighted by Gasteiger charge is 2.20. The first kappa shape index (κ1) is 21.7. The third-order valence-corrected chi connectivity index (χ3v) is 5.83. The molecular weight excluding hydrogens is 439 g/mol. The molecular formula is C24H25FN6O3. The third kappa shape index (κ3) is 3.91. The van der Waals surface area contributed by atoms with Crippen molar-refractivity contribution < 1.29 is 18.6 Å². The van der Waals surface area contributed by atoms with E-state index >= 15 is 0 Å². The second-order valence-electron chi connectivity index (χ2n) is 7.88. The zero-order valence-corrected chi connectivity index (χ0v) is 19.2. The minimum Gasteiger partial charge on any atom is -0.493 e. The second-order valence-corrected chi connectivity index (χ2v) is 7.88. The van der Waals surface area contributed by atoms with Crippen molar-refractivity contribution in [1.29, 1.82) is 0 Å². The maximum absolute atomic E-state index is 14.8. The van der Waals surface area contributed by atoms with E-state index in [1.165, 1.54) is 6.07 Å². The molecule has 2 aromatic carbocycles. The van der Waals surface area contributed by atoms with Gasteiger partial charge in [-0.2, -0.15) is 4.98 Å². The Morgan fingerprint density at radius 1 is 0.971 bits per heavy atom. The molecule has 0 radical (unpaired) electrons. The molecule has 1 N–H and O–H groups in total. The molecule has 9 nitrogen and oxygen atoms in total. The highest BCUT2D eigenvalue weighted by Crippen LogP contribution is 2.39. The lowest BCUT2D eigenvalue weighted by Gasteiger charge is -2.17. The van der Waals surface area contributed by atoms with E-state index in [1.54, 1.807) is 50.6 Å². The van der Waals surface area contributed by atoms with Crippen molar-refractivity contribution in [2.24, 2.45) is 0 Å². The summed E-state index contributed by atoms with van der Waals surface area (Å²) in [5.41, 5.74) is 1.30. The summed E-state index contributed by atoms with van der Waals surface area (Å²) < 4.78 is 32.9. The molecule has 1 saturated heterocycles. The minimum absolute atomic E-state index is 0.327. The number of methoxy groups -OCH3 is 3. The number of hydrogen-bond acceptors (Lipinski definition) is 8. The Morgan fingerprint density at radius 3 is 2.38 bits per heavy atom. The van der Waals surface area contributed by atoms with Gasteiger partial charge in [0.15, 0.2) is 11.5 Å². The number of benzene rings is 2. The molecule has 176 valence electrons. The van der Waals surface area contributed by atoms with Crippen molar-refractivity contribution in [3.8, 4) is 22.9 Å². The molecule has 5 rings (SSSR count). The number of fused-ring (bicyclic) bond motifs is 1. The van der Waals surface area contributed by atoms with Crippen LogP contribution in [0, 0.1) is 5.82 Å². The number of anilines is 3. The fourth-order valence-corrected chi connectivity index (χ4v) is 4.14. The van der Waals surface area contributed by atoms with Gasteiger partial charge in [0.25, 0.3) is 0 Å². The maximum Gasteiger partial charge on any atom is 0.227 e. The molecule has 0 amide bonds. The number of nitrogens with one attached hydrogen (secondary N) is 1. The van der Waals surface area contributed by atoms with Crippen molar-refractivity contribution >= 4 is 28.5 Å². The van der Waals surface area contributed by atoms with E-state index in [1.807, 2.05) is 12.1 Å². The molecule has 0 saturated carbocycles. The second kappa shape index (κ2) is 9.05. The summed E-state index contributed by atoms with van der Waals surface area (Å²) >= 11 is 0. The summed E-state index contributed by atoms with van der Waals surface area (Å²) in [6.45, 7) is 1.77. The van der Waals surface area contributed by atoms with E-state index in [0.717, 1.165) is 31.6 Å². The van der Waals surface area contributed by atoms with Crippen molar-refractivity contribution in [2.75, 3.05) is 44.6 Å². The van der Waals surface area contributed by atoms with Gasteiger partial charge in [0.1, 0.15) is 23.8 Å².